The molecule has 0 atom stereocenters. The number of benzene rings is 1. The first-order chi connectivity index (χ1) is 8.93. The highest BCUT2D eigenvalue weighted by Crippen LogP contribution is 2.32. The van der Waals surface area contributed by atoms with Crippen LogP contribution < -0.4 is 10.2 Å². The first-order valence-corrected chi connectivity index (χ1v) is 6.86. The summed E-state index contributed by atoms with van der Waals surface area (Å²) in [5.41, 5.74) is -0.0879. The molecule has 2 N–H and O–H groups in total. The summed E-state index contributed by atoms with van der Waals surface area (Å²) in [6.07, 6.45) is 1.33. The summed E-state index contributed by atoms with van der Waals surface area (Å²) in [4.78, 5) is 13.5. The molecule has 1 aromatic carbocycles. The highest BCUT2D eigenvalue weighted by Gasteiger charge is 2.46. The zero-order valence-electron chi connectivity index (χ0n) is 10.8. The van der Waals surface area contributed by atoms with E-state index >= 15 is 0 Å². The first kappa shape index (κ1) is 14.2. The maximum atomic E-state index is 12.1. The van der Waals surface area contributed by atoms with Crippen LogP contribution in [0.15, 0.2) is 18.2 Å². The normalized spacial score (nSPS) is 17.8. The molecule has 0 spiro atoms. The molecule has 2 rings (SSSR count). The smallest absolute Gasteiger partial charge is 0.325 e. The molecule has 6 heteroatoms. The number of hydrogen-bond donors (Lipinski definition) is 2. The van der Waals surface area contributed by atoms with Gasteiger partial charge in [0.2, 0.25) is 0 Å². The van der Waals surface area contributed by atoms with Gasteiger partial charge in [-0.2, -0.15) is 0 Å². The summed E-state index contributed by atoms with van der Waals surface area (Å²) in [7, 11) is 0. The van der Waals surface area contributed by atoms with Crippen molar-refractivity contribution in [3.63, 3.8) is 0 Å². The van der Waals surface area contributed by atoms with Crippen molar-refractivity contribution in [2.45, 2.75) is 32.2 Å². The molecule has 0 unspecified atom stereocenters. The van der Waals surface area contributed by atoms with Crippen LogP contribution in [0, 0.1) is 5.41 Å². The van der Waals surface area contributed by atoms with Gasteiger partial charge in [-0.05, 0) is 31.0 Å². The van der Waals surface area contributed by atoms with Crippen molar-refractivity contribution in [2.24, 2.45) is 0 Å². The minimum absolute atomic E-state index is 0.237. The molecular weight excluding hydrogens is 285 g/mol. The first-order valence-electron chi connectivity index (χ1n) is 6.11. The van der Waals surface area contributed by atoms with E-state index in [4.69, 9.17) is 28.6 Å². The maximum Gasteiger partial charge on any atom is 0.328 e. The molecule has 1 fully saturated rings. The SMILES string of the molecule is CCC1(CC)NC(=O)N(c2cc(Cl)cc(Cl)c2)C1=N. The van der Waals surface area contributed by atoms with Crippen molar-refractivity contribution in [3.05, 3.63) is 28.2 Å². The van der Waals surface area contributed by atoms with E-state index in [1.807, 2.05) is 13.8 Å². The van der Waals surface area contributed by atoms with E-state index in [0.717, 1.165) is 0 Å². The Morgan fingerprint density at radius 1 is 1.21 bits per heavy atom. The summed E-state index contributed by atoms with van der Waals surface area (Å²) in [6, 6.07) is 4.54. The van der Waals surface area contributed by atoms with E-state index in [2.05, 4.69) is 5.32 Å². The largest absolute Gasteiger partial charge is 0.328 e. The molecule has 4 nitrogen and oxygen atoms in total. The Morgan fingerprint density at radius 2 is 1.74 bits per heavy atom. The fourth-order valence-corrected chi connectivity index (χ4v) is 2.83. The number of halogens is 2. The third-order valence-electron chi connectivity index (χ3n) is 3.54. The Morgan fingerprint density at radius 3 is 2.16 bits per heavy atom. The molecule has 0 aliphatic carbocycles. The van der Waals surface area contributed by atoms with Gasteiger partial charge in [-0.3, -0.25) is 5.41 Å². The van der Waals surface area contributed by atoms with E-state index in [0.29, 0.717) is 28.6 Å². The van der Waals surface area contributed by atoms with Gasteiger partial charge >= 0.3 is 6.03 Å². The predicted octanol–water partition coefficient (Wildman–Crippen LogP) is 4.06. The molecule has 1 saturated heterocycles. The van der Waals surface area contributed by atoms with E-state index in [1.165, 1.54) is 4.90 Å². The van der Waals surface area contributed by atoms with Crippen LogP contribution in [-0.2, 0) is 0 Å². The quantitative estimate of drug-likeness (QED) is 0.869. The van der Waals surface area contributed by atoms with Gasteiger partial charge in [0.15, 0.2) is 0 Å². The number of nitrogens with one attached hydrogen (secondary N) is 2. The van der Waals surface area contributed by atoms with Crippen LogP contribution in [0.5, 0.6) is 0 Å². The van der Waals surface area contributed by atoms with E-state index in [-0.39, 0.29) is 11.9 Å². The van der Waals surface area contributed by atoms with E-state index in [1.54, 1.807) is 18.2 Å². The van der Waals surface area contributed by atoms with Crippen molar-refractivity contribution in [1.82, 2.24) is 5.32 Å². The van der Waals surface area contributed by atoms with Crippen LogP contribution in [0.4, 0.5) is 10.5 Å². The van der Waals surface area contributed by atoms with Gasteiger partial charge in [0.25, 0.3) is 0 Å². The lowest BCUT2D eigenvalue weighted by molar-refractivity contribution is 0.246. The molecule has 0 aromatic heterocycles. The molecule has 1 heterocycles. The third-order valence-corrected chi connectivity index (χ3v) is 3.98. The number of carbonyl (C=O) groups is 1. The van der Waals surface area contributed by atoms with E-state index < -0.39 is 5.54 Å². The molecule has 0 radical (unpaired) electrons. The number of anilines is 1. The van der Waals surface area contributed by atoms with Crippen molar-refractivity contribution in [3.8, 4) is 0 Å². The van der Waals surface area contributed by atoms with Crippen molar-refractivity contribution in [2.75, 3.05) is 4.90 Å². The number of amides is 2. The van der Waals surface area contributed by atoms with E-state index in [9.17, 15) is 4.79 Å². The van der Waals surface area contributed by atoms with Crippen molar-refractivity contribution >= 4 is 40.8 Å². The van der Waals surface area contributed by atoms with Gasteiger partial charge in [0.1, 0.15) is 5.84 Å². The second-order valence-corrected chi connectivity index (χ2v) is 5.40. The lowest BCUT2D eigenvalue weighted by Gasteiger charge is -2.26. The van der Waals surface area contributed by atoms with Gasteiger partial charge in [-0.25, -0.2) is 9.69 Å². The zero-order valence-corrected chi connectivity index (χ0v) is 12.3. The summed E-state index contributed by atoms with van der Waals surface area (Å²) < 4.78 is 0. The van der Waals surface area contributed by atoms with Crippen LogP contribution in [0.3, 0.4) is 0 Å². The average Bonchev–Trinajstić information content (AvgIpc) is 2.60. The minimum Gasteiger partial charge on any atom is -0.325 e. The van der Waals surface area contributed by atoms with Gasteiger partial charge in [0, 0.05) is 10.0 Å². The number of carbonyl (C=O) groups excluding carboxylic acids is 1. The lowest BCUT2D eigenvalue weighted by atomic mass is 9.92. The predicted molar refractivity (Wildman–Crippen MR) is 78.5 cm³/mol. The Kier molecular flexibility index (Phi) is 3.74. The van der Waals surface area contributed by atoms with Gasteiger partial charge < -0.3 is 5.32 Å². The second-order valence-electron chi connectivity index (χ2n) is 4.53. The van der Waals surface area contributed by atoms with Gasteiger partial charge in [0.05, 0.1) is 11.2 Å². The lowest BCUT2D eigenvalue weighted by Crippen LogP contribution is -2.45. The highest BCUT2D eigenvalue weighted by molar-refractivity contribution is 6.35. The van der Waals surface area contributed by atoms with Crippen LogP contribution >= 0.6 is 23.2 Å². The highest BCUT2D eigenvalue weighted by atomic mass is 35.5. The summed E-state index contributed by atoms with van der Waals surface area (Å²) in [5, 5.41) is 12.0. The number of hydrogen-bond acceptors (Lipinski definition) is 2. The molecular formula is C13H15Cl2N3O. The summed E-state index contributed by atoms with van der Waals surface area (Å²) in [5.74, 6) is 0.237. The Labute approximate surface area is 122 Å². The fraction of sp³-hybridized carbons (Fsp3) is 0.385. The number of urea groups is 1. The van der Waals surface area contributed by atoms with Crippen LogP contribution in [0.25, 0.3) is 0 Å². The van der Waals surface area contributed by atoms with Crippen molar-refractivity contribution < 1.29 is 4.79 Å². The van der Waals surface area contributed by atoms with Crippen LogP contribution in [-0.4, -0.2) is 17.4 Å². The average molecular weight is 300 g/mol. The summed E-state index contributed by atoms with van der Waals surface area (Å²) in [6.45, 7) is 3.90. The maximum absolute atomic E-state index is 12.1. The Bertz CT molecular complexity index is 520. The number of nitrogens with zero attached hydrogens (tertiary/aromatic N) is 1. The molecule has 1 aliphatic heterocycles. The molecule has 1 aromatic rings. The zero-order chi connectivity index (χ0) is 14.2. The molecule has 102 valence electrons. The Balaban J connectivity index is 2.46. The molecule has 19 heavy (non-hydrogen) atoms. The molecule has 1 aliphatic rings. The fourth-order valence-electron chi connectivity index (χ4n) is 2.31. The third kappa shape index (κ3) is 2.30. The Hall–Kier alpha value is -1.26. The number of amidine groups is 1. The standard InChI is InChI=1S/C13H15Cl2N3O/c1-3-13(4-2)11(16)18(12(19)17-13)10-6-8(14)5-9(15)7-10/h5-7,16H,3-4H2,1-2H3,(H,17,19). The van der Waals surface area contributed by atoms with Gasteiger partial charge in [-0.15, -0.1) is 0 Å². The number of rotatable bonds is 3. The topological polar surface area (TPSA) is 56.2 Å². The summed E-state index contributed by atoms with van der Waals surface area (Å²) >= 11 is 11.9. The van der Waals surface area contributed by atoms with Crippen LogP contribution in [0.2, 0.25) is 10.0 Å². The van der Waals surface area contributed by atoms with Gasteiger partial charge in [-0.1, -0.05) is 37.0 Å². The molecule has 0 bridgehead atoms. The van der Waals surface area contributed by atoms with Crippen LogP contribution in [0.1, 0.15) is 26.7 Å². The monoisotopic (exact) mass is 299 g/mol. The minimum atomic E-state index is -0.605. The molecule has 0 saturated carbocycles. The van der Waals surface area contributed by atoms with Crippen molar-refractivity contribution in [1.29, 1.82) is 5.41 Å². The second kappa shape index (κ2) is 5.02. The molecule has 2 amide bonds.